The Balaban J connectivity index is 1.31. The van der Waals surface area contributed by atoms with Crippen molar-refractivity contribution in [1.29, 1.82) is 0 Å². The molecule has 404 valence electrons. The predicted molar refractivity (Wildman–Crippen MR) is 321 cm³/mol. The van der Waals surface area contributed by atoms with Gasteiger partial charge in [-0.3, -0.25) is 9.13 Å². The smallest absolute Gasteiger partial charge is 0.433 e. The second-order valence-corrected chi connectivity index (χ2v) is 26.4. The van der Waals surface area contributed by atoms with Crippen LogP contribution in [0.5, 0.6) is 5.75 Å². The molecule has 0 radical (unpaired) electrons. The summed E-state index contributed by atoms with van der Waals surface area (Å²) in [6, 6.07) is 52.9. The van der Waals surface area contributed by atoms with E-state index in [9.17, 15) is 18.3 Å². The number of hydrogen-bond acceptors (Lipinski definition) is 4. The molecule has 6 nitrogen and oxygen atoms in total. The SMILES string of the molecule is CC(C)(C)c1cc(-c2cccc3c2nc(-c2cc(C(C)(C)C)cc(C(C)(C)C)c2O)n3-c2ccc(C(C)(C)C)cc2-c2ccccc2)cc(-c2nc3nc(C(F)(F)F)ccc3n2-c2ccc(C(C)(C)C)cc2-c2ccccc2)c1. The molecule has 10 rings (SSSR count). The fourth-order valence-electron chi connectivity index (χ4n) is 10.6. The number of aromatic nitrogens is 5. The van der Waals surface area contributed by atoms with E-state index in [1.165, 1.54) is 11.6 Å². The van der Waals surface area contributed by atoms with Crippen LogP contribution in [0.1, 0.15) is 137 Å². The van der Waals surface area contributed by atoms with Crippen molar-refractivity contribution in [3.05, 3.63) is 191 Å². The Labute approximate surface area is 464 Å². The minimum absolute atomic E-state index is 0.0180. The topological polar surface area (TPSA) is 68.8 Å². The number of rotatable bonds is 7. The number of alkyl halides is 3. The van der Waals surface area contributed by atoms with Crippen molar-refractivity contribution in [2.75, 3.05) is 0 Å². The molecule has 7 aromatic carbocycles. The van der Waals surface area contributed by atoms with E-state index in [-0.39, 0.29) is 27.6 Å². The van der Waals surface area contributed by atoms with Gasteiger partial charge < -0.3 is 5.11 Å². The number of nitrogens with zero attached hydrogens (tertiary/aromatic N) is 5. The fraction of sp³-hybridized carbons (Fsp3) is 0.300. The maximum Gasteiger partial charge on any atom is 0.433 e. The van der Waals surface area contributed by atoms with Crippen molar-refractivity contribution in [2.24, 2.45) is 0 Å². The van der Waals surface area contributed by atoms with Crippen molar-refractivity contribution in [1.82, 2.24) is 24.1 Å². The summed E-state index contributed by atoms with van der Waals surface area (Å²) in [6.07, 6.45) is -4.68. The number of halogens is 3. The maximum absolute atomic E-state index is 14.5. The first kappa shape index (κ1) is 54.6. The lowest BCUT2D eigenvalue weighted by molar-refractivity contribution is -0.141. The van der Waals surface area contributed by atoms with E-state index in [0.717, 1.165) is 78.6 Å². The molecule has 0 aliphatic carbocycles. The highest BCUT2D eigenvalue weighted by atomic mass is 19.4. The molecule has 9 heteroatoms. The molecule has 0 bridgehead atoms. The number of imidazole rings is 2. The molecule has 0 aliphatic rings. The number of pyridine rings is 1. The van der Waals surface area contributed by atoms with Crippen molar-refractivity contribution >= 4 is 22.2 Å². The van der Waals surface area contributed by atoms with Crippen molar-refractivity contribution in [2.45, 2.75) is 137 Å². The first-order chi connectivity index (χ1) is 36.9. The van der Waals surface area contributed by atoms with Gasteiger partial charge in [0.15, 0.2) is 5.65 Å². The van der Waals surface area contributed by atoms with Crippen LogP contribution in [-0.4, -0.2) is 29.2 Å². The minimum Gasteiger partial charge on any atom is -0.507 e. The minimum atomic E-state index is -4.68. The van der Waals surface area contributed by atoms with E-state index in [1.54, 1.807) is 0 Å². The Hall–Kier alpha value is -7.78. The van der Waals surface area contributed by atoms with Crippen LogP contribution >= 0.6 is 0 Å². The van der Waals surface area contributed by atoms with Crippen LogP contribution in [0.25, 0.3) is 89.7 Å². The van der Waals surface area contributed by atoms with Gasteiger partial charge in [0.2, 0.25) is 0 Å². The third-order valence-corrected chi connectivity index (χ3v) is 15.3. The summed E-state index contributed by atoms with van der Waals surface area (Å²) < 4.78 is 47.8. The summed E-state index contributed by atoms with van der Waals surface area (Å²) in [5.41, 5.74) is 13.3. The molecule has 0 amide bonds. The van der Waals surface area contributed by atoms with Gasteiger partial charge >= 0.3 is 6.18 Å². The van der Waals surface area contributed by atoms with E-state index >= 15 is 0 Å². The van der Waals surface area contributed by atoms with E-state index in [1.807, 2.05) is 28.8 Å². The number of para-hydroxylation sites is 1. The summed E-state index contributed by atoms with van der Waals surface area (Å²) >= 11 is 0. The molecule has 0 atom stereocenters. The standard InChI is InChI=1S/C70H72F3N5O/c1-65(2,3)46-29-31-55(51(38-46)42-23-18-16-19-24-42)77-57-28-22-27-50(60(57)75-64(77)53-40-49(68(10,11)12)41-54(61(53)79)69(13,14)15)44-35-45(37-48(36-44)67(7,8)9)63-76-62-58(33-34-59(74-62)70(71,72)73)78(63)56-32-30-47(66(4,5)6)39-52(56)43-25-20-17-21-26-43/h16-41,79H,1-15H3. The molecule has 0 saturated carbocycles. The first-order valence-electron chi connectivity index (χ1n) is 27.3. The fourth-order valence-corrected chi connectivity index (χ4v) is 10.6. The molecular formula is C70H72F3N5O. The van der Waals surface area contributed by atoms with Gasteiger partial charge in [-0.25, -0.2) is 15.0 Å². The van der Waals surface area contributed by atoms with Crippen LogP contribution in [0.15, 0.2) is 158 Å². The van der Waals surface area contributed by atoms with Crippen LogP contribution < -0.4 is 0 Å². The molecular weight excluding hydrogens is 984 g/mol. The molecule has 0 fully saturated rings. The van der Waals surface area contributed by atoms with Gasteiger partial charge in [0.25, 0.3) is 0 Å². The van der Waals surface area contributed by atoms with Gasteiger partial charge in [0.1, 0.15) is 23.1 Å². The predicted octanol–water partition coefficient (Wildman–Crippen LogP) is 19.3. The van der Waals surface area contributed by atoms with Gasteiger partial charge in [-0.05, 0) is 127 Å². The van der Waals surface area contributed by atoms with Gasteiger partial charge in [0, 0.05) is 27.8 Å². The summed E-state index contributed by atoms with van der Waals surface area (Å²) in [7, 11) is 0. The quantitative estimate of drug-likeness (QED) is 0.173. The zero-order valence-corrected chi connectivity index (χ0v) is 48.3. The maximum atomic E-state index is 14.5. The molecule has 1 N–H and O–H groups in total. The highest BCUT2D eigenvalue weighted by Gasteiger charge is 2.35. The van der Waals surface area contributed by atoms with Gasteiger partial charge in [0.05, 0.1) is 33.5 Å². The number of aromatic hydroxyl groups is 1. The molecule has 3 aromatic heterocycles. The van der Waals surface area contributed by atoms with E-state index in [4.69, 9.17) is 9.97 Å². The number of phenols is 1. The number of fused-ring (bicyclic) bond motifs is 2. The van der Waals surface area contributed by atoms with Crippen molar-refractivity contribution in [3.8, 4) is 73.3 Å². The van der Waals surface area contributed by atoms with Crippen LogP contribution in [0.2, 0.25) is 0 Å². The van der Waals surface area contributed by atoms with Crippen molar-refractivity contribution in [3.63, 3.8) is 0 Å². The molecule has 0 unspecified atom stereocenters. The third kappa shape index (κ3) is 10.4. The van der Waals surface area contributed by atoms with Crippen LogP contribution in [0, 0.1) is 0 Å². The average Bonchev–Trinajstić information content (AvgIpc) is 4.05. The van der Waals surface area contributed by atoms with Crippen LogP contribution in [-0.2, 0) is 33.3 Å². The first-order valence-corrected chi connectivity index (χ1v) is 27.3. The molecule has 79 heavy (non-hydrogen) atoms. The lowest BCUT2D eigenvalue weighted by Gasteiger charge is -2.28. The van der Waals surface area contributed by atoms with Crippen LogP contribution in [0.4, 0.5) is 13.2 Å². The second-order valence-electron chi connectivity index (χ2n) is 26.4. The lowest BCUT2D eigenvalue weighted by Crippen LogP contribution is -2.17. The molecule has 10 aromatic rings. The van der Waals surface area contributed by atoms with Gasteiger partial charge in [-0.15, -0.1) is 0 Å². The molecule has 0 aliphatic heterocycles. The molecule has 0 spiro atoms. The number of benzene rings is 7. The van der Waals surface area contributed by atoms with E-state index in [0.29, 0.717) is 33.8 Å². The number of hydrogen-bond donors (Lipinski definition) is 1. The van der Waals surface area contributed by atoms with Crippen molar-refractivity contribution < 1.29 is 18.3 Å². The Morgan fingerprint density at radius 2 is 0.861 bits per heavy atom. The van der Waals surface area contributed by atoms with Gasteiger partial charge in [-0.1, -0.05) is 201 Å². The monoisotopic (exact) mass is 1060 g/mol. The number of phenolic OH excluding ortho intramolecular Hbond substituents is 1. The Kier molecular flexibility index (Phi) is 13.3. The Morgan fingerprint density at radius 1 is 0.367 bits per heavy atom. The van der Waals surface area contributed by atoms with E-state index in [2.05, 4.69) is 235 Å². The lowest BCUT2D eigenvalue weighted by atomic mass is 9.79. The normalized spacial score (nSPS) is 13.0. The Morgan fingerprint density at radius 3 is 1.37 bits per heavy atom. The Bertz CT molecular complexity index is 3960. The summed E-state index contributed by atoms with van der Waals surface area (Å²) in [5.74, 6) is 1.21. The highest BCUT2D eigenvalue weighted by Crippen LogP contribution is 2.47. The summed E-state index contributed by atoms with van der Waals surface area (Å²) in [5, 5.41) is 12.7. The second kappa shape index (κ2) is 19.2. The highest BCUT2D eigenvalue weighted by molar-refractivity contribution is 5.98. The van der Waals surface area contributed by atoms with Crippen LogP contribution in [0.3, 0.4) is 0 Å². The zero-order chi connectivity index (χ0) is 56.9. The summed E-state index contributed by atoms with van der Waals surface area (Å²) in [6.45, 7) is 32.6. The molecule has 3 heterocycles. The third-order valence-electron chi connectivity index (χ3n) is 15.3. The largest absolute Gasteiger partial charge is 0.507 e. The molecule has 0 saturated heterocycles. The van der Waals surface area contributed by atoms with E-state index < -0.39 is 22.7 Å². The summed E-state index contributed by atoms with van der Waals surface area (Å²) in [4.78, 5) is 15.0. The van der Waals surface area contributed by atoms with Gasteiger partial charge in [-0.2, -0.15) is 13.2 Å². The zero-order valence-electron chi connectivity index (χ0n) is 48.3. The average molecular weight is 1060 g/mol.